The normalized spacial score (nSPS) is 13.8. The van der Waals surface area contributed by atoms with Crippen LogP contribution >= 0.6 is 0 Å². The standard InChI is InChI=1S/C5H11NO3/c1-3(2)4(6-9)5(7)8/h3-4,6,9H,1-2H3,(H,7,8)/t4-/m1/s1. The molecule has 1 atom stereocenters. The van der Waals surface area contributed by atoms with E-state index < -0.39 is 12.0 Å². The van der Waals surface area contributed by atoms with Crippen LogP contribution in [0.2, 0.25) is 0 Å². The molecule has 0 radical (unpaired) electrons. The molecule has 0 fully saturated rings. The first-order valence-corrected chi connectivity index (χ1v) is 2.72. The Morgan fingerprint density at radius 1 is 1.56 bits per heavy atom. The van der Waals surface area contributed by atoms with Crippen LogP contribution in [0.4, 0.5) is 0 Å². The third-order valence-electron chi connectivity index (χ3n) is 1.07. The Morgan fingerprint density at radius 3 is 2.00 bits per heavy atom. The first-order valence-electron chi connectivity index (χ1n) is 2.72. The van der Waals surface area contributed by atoms with Crippen molar-refractivity contribution in [3.05, 3.63) is 0 Å². The first-order chi connectivity index (χ1) is 4.09. The molecule has 4 heteroatoms. The van der Waals surface area contributed by atoms with Crippen LogP contribution in [0.15, 0.2) is 0 Å². The van der Waals surface area contributed by atoms with Gasteiger partial charge in [0.1, 0.15) is 6.04 Å². The lowest BCUT2D eigenvalue weighted by Crippen LogP contribution is -2.38. The zero-order valence-corrected chi connectivity index (χ0v) is 5.46. The molecular weight excluding hydrogens is 122 g/mol. The van der Waals surface area contributed by atoms with Crippen LogP contribution in [0.1, 0.15) is 13.8 Å². The summed E-state index contributed by atoms with van der Waals surface area (Å²) in [6.45, 7) is 3.42. The van der Waals surface area contributed by atoms with Crippen LogP contribution in [0, 0.1) is 5.92 Å². The minimum absolute atomic E-state index is 0.104. The van der Waals surface area contributed by atoms with Crippen LogP contribution in [-0.2, 0) is 4.79 Å². The number of hydrogen-bond acceptors (Lipinski definition) is 3. The average Bonchev–Trinajstić information content (AvgIpc) is 1.64. The lowest BCUT2D eigenvalue weighted by atomic mass is 10.1. The third kappa shape index (κ3) is 2.43. The van der Waals surface area contributed by atoms with Crippen molar-refractivity contribution in [2.75, 3.05) is 0 Å². The number of aliphatic carboxylic acids is 1. The van der Waals surface area contributed by atoms with Crippen LogP contribution in [0.3, 0.4) is 0 Å². The summed E-state index contributed by atoms with van der Waals surface area (Å²) in [5.74, 6) is -1.14. The number of nitrogens with one attached hydrogen (secondary N) is 1. The summed E-state index contributed by atoms with van der Waals surface area (Å²) in [7, 11) is 0. The van der Waals surface area contributed by atoms with E-state index in [9.17, 15) is 4.79 Å². The molecule has 9 heavy (non-hydrogen) atoms. The van der Waals surface area contributed by atoms with Crippen molar-refractivity contribution in [1.82, 2.24) is 5.48 Å². The Labute approximate surface area is 53.5 Å². The molecular formula is C5H11NO3. The first kappa shape index (κ1) is 8.39. The molecule has 0 aliphatic carbocycles. The van der Waals surface area contributed by atoms with Crippen molar-refractivity contribution < 1.29 is 15.1 Å². The van der Waals surface area contributed by atoms with Crippen molar-refractivity contribution >= 4 is 5.97 Å². The fourth-order valence-corrected chi connectivity index (χ4v) is 0.489. The number of hydroxylamine groups is 1. The second-order valence-corrected chi connectivity index (χ2v) is 2.19. The minimum atomic E-state index is -1.03. The van der Waals surface area contributed by atoms with Gasteiger partial charge < -0.3 is 10.3 Å². The van der Waals surface area contributed by atoms with Crippen molar-refractivity contribution in [2.24, 2.45) is 5.92 Å². The molecule has 0 rings (SSSR count). The number of carbonyl (C=O) groups is 1. The predicted molar refractivity (Wildman–Crippen MR) is 31.2 cm³/mol. The molecule has 3 N–H and O–H groups in total. The van der Waals surface area contributed by atoms with Crippen molar-refractivity contribution in [3.63, 3.8) is 0 Å². The smallest absolute Gasteiger partial charge is 0.323 e. The lowest BCUT2D eigenvalue weighted by Gasteiger charge is -2.12. The van der Waals surface area contributed by atoms with E-state index in [1.165, 1.54) is 0 Å². The highest BCUT2D eigenvalue weighted by atomic mass is 16.5. The molecule has 0 aliphatic heterocycles. The van der Waals surface area contributed by atoms with Gasteiger partial charge in [0.05, 0.1) is 0 Å². The largest absolute Gasteiger partial charge is 0.480 e. The van der Waals surface area contributed by atoms with Crippen LogP contribution < -0.4 is 5.48 Å². The van der Waals surface area contributed by atoms with Gasteiger partial charge >= 0.3 is 5.97 Å². The maximum atomic E-state index is 10.1. The second kappa shape index (κ2) is 3.42. The molecule has 0 saturated heterocycles. The highest BCUT2D eigenvalue weighted by Crippen LogP contribution is 1.99. The SMILES string of the molecule is CC(C)[C@@H](NO)C(=O)O. The minimum Gasteiger partial charge on any atom is -0.480 e. The van der Waals surface area contributed by atoms with Gasteiger partial charge in [0, 0.05) is 0 Å². The molecule has 54 valence electrons. The Hall–Kier alpha value is -0.610. The van der Waals surface area contributed by atoms with E-state index in [1.807, 2.05) is 0 Å². The van der Waals surface area contributed by atoms with Crippen LogP contribution in [-0.4, -0.2) is 22.3 Å². The van der Waals surface area contributed by atoms with Gasteiger partial charge in [-0.15, -0.1) is 0 Å². The maximum absolute atomic E-state index is 10.1. The van der Waals surface area contributed by atoms with Crippen molar-refractivity contribution in [1.29, 1.82) is 0 Å². The van der Waals surface area contributed by atoms with Crippen LogP contribution in [0.5, 0.6) is 0 Å². The van der Waals surface area contributed by atoms with Gasteiger partial charge in [-0.25, -0.2) is 0 Å². The van der Waals surface area contributed by atoms with E-state index in [2.05, 4.69) is 0 Å². The molecule has 0 amide bonds. The molecule has 0 spiro atoms. The van der Waals surface area contributed by atoms with E-state index in [4.69, 9.17) is 10.3 Å². The lowest BCUT2D eigenvalue weighted by molar-refractivity contribution is -0.143. The summed E-state index contributed by atoms with van der Waals surface area (Å²) >= 11 is 0. The quantitative estimate of drug-likeness (QED) is 0.477. The van der Waals surface area contributed by atoms with Crippen molar-refractivity contribution in [2.45, 2.75) is 19.9 Å². The zero-order chi connectivity index (χ0) is 7.44. The summed E-state index contributed by atoms with van der Waals surface area (Å²) in [4.78, 5) is 10.1. The monoisotopic (exact) mass is 133 g/mol. The summed E-state index contributed by atoms with van der Waals surface area (Å²) < 4.78 is 0. The number of rotatable bonds is 3. The van der Waals surface area contributed by atoms with E-state index in [0.29, 0.717) is 0 Å². The molecule has 0 heterocycles. The third-order valence-corrected chi connectivity index (χ3v) is 1.07. The summed E-state index contributed by atoms with van der Waals surface area (Å²) in [6.07, 6.45) is 0. The number of carboxylic acid groups (broad SMARTS) is 1. The highest BCUT2D eigenvalue weighted by molar-refractivity contribution is 5.73. The number of hydrogen-bond donors (Lipinski definition) is 3. The molecule has 0 saturated carbocycles. The van der Waals surface area contributed by atoms with Gasteiger partial charge in [-0.2, -0.15) is 5.48 Å². The summed E-state index contributed by atoms with van der Waals surface area (Å²) in [6, 6.07) is -0.856. The van der Waals surface area contributed by atoms with E-state index >= 15 is 0 Å². The van der Waals surface area contributed by atoms with Gasteiger partial charge in [0.25, 0.3) is 0 Å². The van der Waals surface area contributed by atoms with Gasteiger partial charge in [0.2, 0.25) is 0 Å². The maximum Gasteiger partial charge on any atom is 0.323 e. The predicted octanol–water partition coefficient (Wildman–Crippen LogP) is 0.0744. The van der Waals surface area contributed by atoms with E-state index in [1.54, 1.807) is 19.3 Å². The molecule has 0 aromatic carbocycles. The fourth-order valence-electron chi connectivity index (χ4n) is 0.489. The molecule has 0 bridgehead atoms. The molecule has 0 unspecified atom stereocenters. The Morgan fingerprint density at radius 2 is 2.00 bits per heavy atom. The second-order valence-electron chi connectivity index (χ2n) is 2.19. The van der Waals surface area contributed by atoms with Gasteiger partial charge in [-0.05, 0) is 5.92 Å². The average molecular weight is 133 g/mol. The Kier molecular flexibility index (Phi) is 3.19. The van der Waals surface area contributed by atoms with E-state index in [-0.39, 0.29) is 5.92 Å². The molecule has 4 nitrogen and oxygen atoms in total. The summed E-state index contributed by atoms with van der Waals surface area (Å²) in [5, 5.41) is 16.6. The molecule has 0 aromatic rings. The highest BCUT2D eigenvalue weighted by Gasteiger charge is 2.19. The van der Waals surface area contributed by atoms with Gasteiger partial charge in [-0.1, -0.05) is 13.8 Å². The zero-order valence-electron chi connectivity index (χ0n) is 5.46. The van der Waals surface area contributed by atoms with Gasteiger partial charge in [-0.3, -0.25) is 4.79 Å². The topological polar surface area (TPSA) is 69.6 Å². The summed E-state index contributed by atoms with van der Waals surface area (Å²) in [5.41, 5.74) is 1.70. The number of carboxylic acids is 1. The molecule has 0 aromatic heterocycles. The van der Waals surface area contributed by atoms with E-state index in [0.717, 1.165) is 0 Å². The Balaban J connectivity index is 3.83. The fraction of sp³-hybridized carbons (Fsp3) is 0.800. The Bertz CT molecular complexity index is 102. The van der Waals surface area contributed by atoms with Crippen molar-refractivity contribution in [3.8, 4) is 0 Å². The van der Waals surface area contributed by atoms with Gasteiger partial charge in [0.15, 0.2) is 0 Å². The molecule has 0 aliphatic rings. The van der Waals surface area contributed by atoms with Crippen LogP contribution in [0.25, 0.3) is 0 Å².